The Kier molecular flexibility index (Phi) is 22.5. The fraction of sp³-hybridized carbons (Fsp3) is 0.412. The van der Waals surface area contributed by atoms with E-state index in [9.17, 15) is 0 Å². The van der Waals surface area contributed by atoms with Crippen LogP contribution < -0.4 is 12.4 Å². The summed E-state index contributed by atoms with van der Waals surface area (Å²) in [5, 5.41) is 0. The van der Waals surface area contributed by atoms with E-state index >= 15 is 0 Å². The summed E-state index contributed by atoms with van der Waals surface area (Å²) < 4.78 is 0. The Hall–Kier alpha value is -0.127. The van der Waals surface area contributed by atoms with E-state index in [4.69, 9.17) is 6.58 Å². The zero-order chi connectivity index (χ0) is 12.9. The number of hydrogen-bond acceptors (Lipinski definition) is 0. The average molecular weight is 354 g/mol. The van der Waals surface area contributed by atoms with Gasteiger partial charge in [-0.3, -0.25) is 17.7 Å². The summed E-state index contributed by atoms with van der Waals surface area (Å²) in [7, 11) is 0. The smallest absolute Gasteiger partial charge is 1.00 e. The molecule has 0 nitrogen and oxygen atoms in total. The molecule has 0 saturated heterocycles. The molecule has 0 aromatic carbocycles. The molecule has 0 N–H and O–H groups in total. The molecular weight excluding hydrogens is 331 g/mol. The van der Waals surface area contributed by atoms with Crippen molar-refractivity contribution < 1.29 is 38.6 Å². The summed E-state index contributed by atoms with van der Waals surface area (Å²) in [5.74, 6) is 0.597. The van der Waals surface area contributed by atoms with Crippen LogP contribution in [0.5, 0.6) is 0 Å². The maximum Gasteiger partial charge on any atom is 4.00 e. The van der Waals surface area contributed by atoms with Gasteiger partial charge in [-0.2, -0.15) is 12.2 Å². The number of halogens is 1. The van der Waals surface area contributed by atoms with Gasteiger partial charge in [0.25, 0.3) is 0 Å². The predicted molar refractivity (Wildman–Crippen MR) is 76.1 cm³/mol. The Morgan fingerprint density at radius 1 is 1.16 bits per heavy atom. The van der Waals surface area contributed by atoms with E-state index in [1.54, 1.807) is 0 Å². The first-order chi connectivity index (χ1) is 8.18. The normalized spacial score (nSPS) is 14.3. The molecule has 2 rings (SSSR count). The van der Waals surface area contributed by atoms with Crippen LogP contribution in [0.1, 0.15) is 40.0 Å². The molecular formula is C17H23ClZr. The van der Waals surface area contributed by atoms with Crippen LogP contribution in [-0.2, 0) is 26.2 Å². The molecule has 2 aliphatic carbocycles. The summed E-state index contributed by atoms with van der Waals surface area (Å²) >= 11 is 0. The first kappa shape index (κ1) is 23.9. The third-order valence-electron chi connectivity index (χ3n) is 2.56. The van der Waals surface area contributed by atoms with Crippen molar-refractivity contribution in [2.45, 2.75) is 40.0 Å². The van der Waals surface area contributed by atoms with Gasteiger partial charge in [-0.1, -0.05) is 33.1 Å². The molecule has 0 amide bonds. The van der Waals surface area contributed by atoms with Gasteiger partial charge in [-0.15, -0.1) is 12.8 Å². The van der Waals surface area contributed by atoms with Crippen molar-refractivity contribution in [2.24, 2.45) is 5.92 Å². The molecule has 1 atom stereocenters. The van der Waals surface area contributed by atoms with Crippen molar-refractivity contribution in [3.8, 4) is 0 Å². The first-order valence-electron chi connectivity index (χ1n) is 6.20. The van der Waals surface area contributed by atoms with Crippen molar-refractivity contribution >= 4 is 0 Å². The molecule has 0 aromatic heterocycles. The Morgan fingerprint density at radius 3 is 1.63 bits per heavy atom. The third kappa shape index (κ3) is 17.9. The summed E-state index contributed by atoms with van der Waals surface area (Å²) in [6.07, 6.45) is 21.2. The molecule has 2 heteroatoms. The van der Waals surface area contributed by atoms with E-state index < -0.39 is 0 Å². The molecule has 0 radical (unpaired) electrons. The van der Waals surface area contributed by atoms with Gasteiger partial charge in [0.1, 0.15) is 0 Å². The Morgan fingerprint density at radius 2 is 1.58 bits per heavy atom. The minimum Gasteiger partial charge on any atom is -1.00 e. The van der Waals surface area contributed by atoms with Gasteiger partial charge >= 0.3 is 26.2 Å². The third-order valence-corrected chi connectivity index (χ3v) is 2.56. The molecule has 1 unspecified atom stereocenters. The molecule has 0 fully saturated rings. The zero-order valence-corrected chi connectivity index (χ0v) is 15.3. The van der Waals surface area contributed by atoms with Crippen molar-refractivity contribution in [2.75, 3.05) is 0 Å². The fourth-order valence-electron chi connectivity index (χ4n) is 1.00. The van der Waals surface area contributed by atoms with Gasteiger partial charge in [0, 0.05) is 0 Å². The number of rotatable bonds is 2. The first-order valence-corrected chi connectivity index (χ1v) is 6.20. The van der Waals surface area contributed by atoms with E-state index in [1.807, 2.05) is 31.2 Å². The van der Waals surface area contributed by atoms with Gasteiger partial charge in [-0.25, -0.2) is 24.3 Å². The quantitative estimate of drug-likeness (QED) is 0.666. The van der Waals surface area contributed by atoms with Crippen LogP contribution in [-0.4, -0.2) is 0 Å². The molecule has 2 aliphatic rings. The topological polar surface area (TPSA) is 0 Å². The molecule has 0 saturated carbocycles. The second-order valence-electron chi connectivity index (χ2n) is 4.06. The Labute approximate surface area is 145 Å². The second kappa shape index (κ2) is 17.9. The van der Waals surface area contributed by atoms with Crippen molar-refractivity contribution in [3.63, 3.8) is 0 Å². The van der Waals surface area contributed by atoms with E-state index in [1.165, 1.54) is 0 Å². The summed E-state index contributed by atoms with van der Waals surface area (Å²) in [5.41, 5.74) is 1.04. The Balaban J connectivity index is -0.000000194. The summed E-state index contributed by atoms with van der Waals surface area (Å²) in [6.45, 7) is 11.7. The minimum atomic E-state index is 0. The van der Waals surface area contributed by atoms with Gasteiger partial charge < -0.3 is 19.0 Å². The number of allylic oxidation sites excluding steroid dienone is 9. The van der Waals surface area contributed by atoms with Crippen LogP contribution in [0.4, 0.5) is 0 Å². The number of hydrogen-bond donors (Lipinski definition) is 0. The van der Waals surface area contributed by atoms with Crippen molar-refractivity contribution in [3.05, 3.63) is 60.8 Å². The van der Waals surface area contributed by atoms with Crippen molar-refractivity contribution in [1.29, 1.82) is 0 Å². The van der Waals surface area contributed by atoms with Gasteiger partial charge in [-0.05, 0) is 0 Å². The largest absolute Gasteiger partial charge is 4.00 e. The standard InChI is InChI=1S/C7H13.2C5H5.ClH.Zr/c1-5-7(4)6(2)3;2*1-2-4-5-3-1;;/h2,7H,5H2,1,3-4H3;2*1-3H,4H2;1H;/q3*-1;;+4/p-1. The van der Waals surface area contributed by atoms with Crippen LogP contribution in [0.25, 0.3) is 0 Å². The molecule has 102 valence electrons. The van der Waals surface area contributed by atoms with Gasteiger partial charge in [0.05, 0.1) is 0 Å². The summed E-state index contributed by atoms with van der Waals surface area (Å²) in [6, 6.07) is 0. The van der Waals surface area contributed by atoms with Gasteiger partial charge in [0.15, 0.2) is 0 Å². The molecule has 19 heavy (non-hydrogen) atoms. The van der Waals surface area contributed by atoms with Crippen LogP contribution in [0.2, 0.25) is 0 Å². The predicted octanol–water partition coefficient (Wildman–Crippen LogP) is 2.02. The summed E-state index contributed by atoms with van der Waals surface area (Å²) in [4.78, 5) is 0. The van der Waals surface area contributed by atoms with Crippen LogP contribution in [0.15, 0.2) is 42.0 Å². The molecule has 0 aliphatic heterocycles. The van der Waals surface area contributed by atoms with Crippen molar-refractivity contribution in [1.82, 2.24) is 0 Å². The van der Waals surface area contributed by atoms with Crippen LogP contribution >= 0.6 is 0 Å². The molecule has 0 heterocycles. The fourth-order valence-corrected chi connectivity index (χ4v) is 1.00. The maximum absolute atomic E-state index is 5.46. The molecule has 0 aromatic rings. The minimum absolute atomic E-state index is 0. The van der Waals surface area contributed by atoms with Crippen LogP contribution in [0.3, 0.4) is 0 Å². The average Bonchev–Trinajstić information content (AvgIpc) is 3.04. The van der Waals surface area contributed by atoms with E-state index in [2.05, 4.69) is 38.2 Å². The maximum atomic E-state index is 5.46. The van der Waals surface area contributed by atoms with E-state index in [0.29, 0.717) is 5.92 Å². The van der Waals surface area contributed by atoms with Gasteiger partial charge in [0.2, 0.25) is 0 Å². The monoisotopic (exact) mass is 352 g/mol. The zero-order valence-electron chi connectivity index (χ0n) is 12.1. The second-order valence-corrected chi connectivity index (χ2v) is 4.06. The molecule has 0 bridgehead atoms. The van der Waals surface area contributed by atoms with E-state index in [0.717, 1.165) is 24.8 Å². The van der Waals surface area contributed by atoms with Crippen LogP contribution in [0, 0.1) is 24.6 Å². The Bertz CT molecular complexity index is 269. The molecule has 0 spiro atoms. The van der Waals surface area contributed by atoms with E-state index in [-0.39, 0.29) is 38.6 Å². The SMILES string of the molecule is [C-]1=CC=CC1.[C-]1=CC=CC1.[CH-]=C(C)C(C)CC.[Cl-].[Zr+4].